The summed E-state index contributed by atoms with van der Waals surface area (Å²) in [6.45, 7) is 6.79. The third-order valence-electron chi connectivity index (χ3n) is 4.88. The minimum absolute atomic E-state index is 0.0434. The highest BCUT2D eigenvalue weighted by molar-refractivity contribution is 6.00. The minimum atomic E-state index is -0.902. The van der Waals surface area contributed by atoms with Crippen molar-refractivity contribution in [3.05, 3.63) is 77.4 Å². The number of amides is 1. The lowest BCUT2D eigenvalue weighted by Gasteiger charge is -2.25. The van der Waals surface area contributed by atoms with Gasteiger partial charge in [0.05, 0.1) is 0 Å². The van der Waals surface area contributed by atoms with Crippen molar-refractivity contribution in [2.24, 2.45) is 0 Å². The summed E-state index contributed by atoms with van der Waals surface area (Å²) in [6.07, 6.45) is 0.223. The molecule has 0 aliphatic heterocycles. The molecule has 3 rings (SSSR count). The first-order chi connectivity index (χ1) is 15.0. The van der Waals surface area contributed by atoms with Crippen LogP contribution in [0, 0.1) is 0 Å². The molecule has 6 nitrogen and oxygen atoms in total. The molecule has 0 aliphatic rings. The maximum Gasteiger partial charge on any atom is 0.329 e. The van der Waals surface area contributed by atoms with Crippen LogP contribution in [-0.4, -0.2) is 34.4 Å². The molecule has 1 amide bonds. The number of carbonyl (C=O) groups is 3. The van der Waals surface area contributed by atoms with Crippen LogP contribution < -0.4 is 5.32 Å². The normalized spacial score (nSPS) is 12.2. The third kappa shape index (κ3) is 5.94. The lowest BCUT2D eigenvalue weighted by atomic mass is 10.0. The number of benzene rings is 3. The number of Topliss-reactive ketones (excluding diaryl/α,β-unsaturated/α-hetero) is 1. The number of rotatable bonds is 6. The maximum atomic E-state index is 13.0. The lowest BCUT2D eigenvalue weighted by Crippen LogP contribution is -2.45. The molecule has 6 heteroatoms. The highest BCUT2D eigenvalue weighted by atomic mass is 16.6. The zero-order valence-electron chi connectivity index (χ0n) is 18.6. The second-order valence-electron chi connectivity index (χ2n) is 8.76. The summed E-state index contributed by atoms with van der Waals surface area (Å²) >= 11 is 0. The van der Waals surface area contributed by atoms with E-state index >= 15 is 0 Å². The standard InChI is InChI=1S/C26H27NO5/c1-16(28)18-7-5-17(6-8-18)13-23(25(31)32-26(2,3)4)27-24(30)21-10-9-20-15-22(29)12-11-19(20)14-21/h5-12,14-15,23,29H,13H2,1-4H3,(H,27,30)/t23-/m0/s1. The lowest BCUT2D eigenvalue weighted by molar-refractivity contribution is -0.157. The van der Waals surface area contributed by atoms with Gasteiger partial charge in [-0.1, -0.05) is 36.4 Å². The Hall–Kier alpha value is -3.67. The zero-order chi connectivity index (χ0) is 23.5. The summed E-state index contributed by atoms with van der Waals surface area (Å²) in [5, 5.41) is 14.0. The first kappa shape index (κ1) is 23.0. The van der Waals surface area contributed by atoms with Crippen LogP contribution >= 0.6 is 0 Å². The molecule has 3 aromatic rings. The van der Waals surface area contributed by atoms with Crippen molar-refractivity contribution >= 4 is 28.4 Å². The second-order valence-corrected chi connectivity index (χ2v) is 8.76. The Kier molecular flexibility index (Phi) is 6.63. The number of fused-ring (bicyclic) bond motifs is 1. The van der Waals surface area contributed by atoms with Gasteiger partial charge in [0.2, 0.25) is 0 Å². The van der Waals surface area contributed by atoms with Gasteiger partial charge in [-0.25, -0.2) is 4.79 Å². The number of phenolic OH excluding ortho intramolecular Hbond substituents is 1. The number of esters is 1. The average Bonchev–Trinajstić information content (AvgIpc) is 2.72. The molecule has 2 N–H and O–H groups in total. The Morgan fingerprint density at radius 3 is 2.12 bits per heavy atom. The molecule has 1 atom stereocenters. The predicted molar refractivity (Wildman–Crippen MR) is 123 cm³/mol. The van der Waals surface area contributed by atoms with Gasteiger partial charge >= 0.3 is 5.97 Å². The summed E-state index contributed by atoms with van der Waals surface area (Å²) < 4.78 is 5.52. The van der Waals surface area contributed by atoms with Gasteiger partial charge in [0, 0.05) is 17.5 Å². The van der Waals surface area contributed by atoms with Crippen LogP contribution in [0.4, 0.5) is 0 Å². The number of hydrogen-bond acceptors (Lipinski definition) is 5. The van der Waals surface area contributed by atoms with E-state index in [0.29, 0.717) is 11.1 Å². The molecule has 0 aromatic heterocycles. The van der Waals surface area contributed by atoms with Gasteiger partial charge in [-0.15, -0.1) is 0 Å². The summed E-state index contributed by atoms with van der Waals surface area (Å²) in [7, 11) is 0. The fourth-order valence-electron chi connectivity index (χ4n) is 3.29. The van der Waals surface area contributed by atoms with Crippen LogP contribution in [0.25, 0.3) is 10.8 Å². The smallest absolute Gasteiger partial charge is 0.329 e. The molecule has 0 bridgehead atoms. The van der Waals surface area contributed by atoms with Gasteiger partial charge in [0.25, 0.3) is 5.91 Å². The highest BCUT2D eigenvalue weighted by Crippen LogP contribution is 2.21. The number of phenols is 1. The Labute approximate surface area is 187 Å². The summed E-state index contributed by atoms with van der Waals surface area (Å²) in [4.78, 5) is 37.3. The van der Waals surface area contributed by atoms with Crippen LogP contribution in [-0.2, 0) is 16.0 Å². The van der Waals surface area contributed by atoms with Crippen molar-refractivity contribution in [3.63, 3.8) is 0 Å². The van der Waals surface area contributed by atoms with E-state index in [4.69, 9.17) is 4.74 Å². The van der Waals surface area contributed by atoms with Crippen LogP contribution in [0.15, 0.2) is 60.7 Å². The molecule has 166 valence electrons. The Morgan fingerprint density at radius 1 is 0.906 bits per heavy atom. The third-order valence-corrected chi connectivity index (χ3v) is 4.88. The zero-order valence-corrected chi connectivity index (χ0v) is 18.6. The minimum Gasteiger partial charge on any atom is -0.508 e. The second kappa shape index (κ2) is 9.22. The topological polar surface area (TPSA) is 92.7 Å². The van der Waals surface area contributed by atoms with Gasteiger partial charge in [-0.3, -0.25) is 9.59 Å². The summed E-state index contributed by atoms with van der Waals surface area (Å²) in [5.41, 5.74) is 1.06. The monoisotopic (exact) mass is 433 g/mol. The number of hydrogen-bond donors (Lipinski definition) is 2. The van der Waals surface area contributed by atoms with E-state index < -0.39 is 23.5 Å². The number of aromatic hydroxyl groups is 1. The highest BCUT2D eigenvalue weighted by Gasteiger charge is 2.27. The average molecular weight is 434 g/mol. The fraction of sp³-hybridized carbons (Fsp3) is 0.269. The van der Waals surface area contributed by atoms with Crippen LogP contribution in [0.2, 0.25) is 0 Å². The van der Waals surface area contributed by atoms with Crippen LogP contribution in [0.1, 0.15) is 54.0 Å². The van der Waals surface area contributed by atoms with Gasteiger partial charge in [0.15, 0.2) is 5.78 Å². The van der Waals surface area contributed by atoms with E-state index in [-0.39, 0.29) is 18.0 Å². The molecule has 0 unspecified atom stereocenters. The number of ether oxygens (including phenoxy) is 1. The van der Waals surface area contributed by atoms with E-state index in [1.54, 1.807) is 81.4 Å². The van der Waals surface area contributed by atoms with Gasteiger partial charge in [-0.2, -0.15) is 0 Å². The van der Waals surface area contributed by atoms with Crippen molar-refractivity contribution in [2.75, 3.05) is 0 Å². The molecule has 32 heavy (non-hydrogen) atoms. The quantitative estimate of drug-likeness (QED) is 0.443. The van der Waals surface area contributed by atoms with Gasteiger partial charge in [-0.05, 0) is 68.3 Å². The molecular weight excluding hydrogens is 406 g/mol. The van der Waals surface area contributed by atoms with Crippen molar-refractivity contribution in [1.82, 2.24) is 5.32 Å². The van der Waals surface area contributed by atoms with E-state index in [2.05, 4.69) is 5.32 Å². The van der Waals surface area contributed by atoms with Crippen molar-refractivity contribution in [3.8, 4) is 5.75 Å². The Bertz CT molecular complexity index is 1160. The first-order valence-corrected chi connectivity index (χ1v) is 10.4. The molecule has 0 saturated heterocycles. The Balaban J connectivity index is 1.83. The van der Waals surface area contributed by atoms with Crippen molar-refractivity contribution in [1.29, 1.82) is 0 Å². The number of ketones is 1. The van der Waals surface area contributed by atoms with Gasteiger partial charge in [0.1, 0.15) is 17.4 Å². The van der Waals surface area contributed by atoms with E-state index in [0.717, 1.165) is 16.3 Å². The molecule has 0 fully saturated rings. The first-order valence-electron chi connectivity index (χ1n) is 10.4. The summed E-state index contributed by atoms with van der Waals surface area (Å²) in [6, 6.07) is 16.0. The number of carbonyl (C=O) groups excluding carboxylic acids is 3. The molecule has 0 aliphatic carbocycles. The van der Waals surface area contributed by atoms with E-state index in [9.17, 15) is 19.5 Å². The molecule has 0 spiro atoms. The number of nitrogens with one attached hydrogen (secondary N) is 1. The Morgan fingerprint density at radius 2 is 1.50 bits per heavy atom. The van der Waals surface area contributed by atoms with E-state index in [1.807, 2.05) is 0 Å². The maximum absolute atomic E-state index is 13.0. The SMILES string of the molecule is CC(=O)c1ccc(C[C@H](NC(=O)c2ccc3cc(O)ccc3c2)C(=O)OC(C)(C)C)cc1. The van der Waals surface area contributed by atoms with Crippen LogP contribution in [0.5, 0.6) is 5.75 Å². The van der Waals surface area contributed by atoms with Gasteiger partial charge < -0.3 is 15.2 Å². The predicted octanol–water partition coefficient (Wildman–Crippen LogP) is 4.43. The van der Waals surface area contributed by atoms with Crippen molar-refractivity contribution < 1.29 is 24.2 Å². The molecule has 0 saturated carbocycles. The fourth-order valence-corrected chi connectivity index (χ4v) is 3.29. The van der Waals surface area contributed by atoms with E-state index in [1.165, 1.54) is 6.92 Å². The van der Waals surface area contributed by atoms with Crippen molar-refractivity contribution in [2.45, 2.75) is 45.8 Å². The van der Waals surface area contributed by atoms with Crippen LogP contribution in [0.3, 0.4) is 0 Å². The molecule has 0 radical (unpaired) electrons. The molecule has 0 heterocycles. The largest absolute Gasteiger partial charge is 0.508 e. The summed E-state index contributed by atoms with van der Waals surface area (Å²) in [5.74, 6) is -0.836. The molecule has 3 aromatic carbocycles. The molecular formula is C26H27NO5.